The van der Waals surface area contributed by atoms with Crippen LogP contribution in [0.2, 0.25) is 0 Å². The Morgan fingerprint density at radius 2 is 1.80 bits per heavy atom. The zero-order chi connectivity index (χ0) is 28.4. The zero-order valence-corrected chi connectivity index (χ0v) is 24.4. The minimum atomic E-state index is -0.191. The summed E-state index contributed by atoms with van der Waals surface area (Å²) >= 11 is 5.96. The maximum absolute atomic E-state index is 12.1. The first kappa shape index (κ1) is 27.6. The predicted octanol–water partition coefficient (Wildman–Crippen LogP) is 6.12. The van der Waals surface area contributed by atoms with Gasteiger partial charge in [-0.2, -0.15) is 0 Å². The Bertz CT molecular complexity index is 1530. The summed E-state index contributed by atoms with van der Waals surface area (Å²) in [4.78, 5) is 19.0. The van der Waals surface area contributed by atoms with Crippen molar-refractivity contribution in [2.24, 2.45) is 0 Å². The average molecular weight is 554 g/mol. The molecule has 0 spiro atoms. The molecule has 2 unspecified atom stereocenters. The van der Waals surface area contributed by atoms with Gasteiger partial charge in [0.2, 0.25) is 5.91 Å². The Morgan fingerprint density at radius 3 is 2.45 bits per heavy atom. The SMILES string of the molecule is CCc1ccc(-n2c(C)cc(C3C(c4ccccn4)NC(=S)N3c3ccc(NC(=O)COC)c(C)c3)c2C)cc1. The number of carbonyl (C=O) groups excluding carboxylic acids is 1. The number of carbonyl (C=O) groups is 1. The summed E-state index contributed by atoms with van der Waals surface area (Å²) in [6, 6.07) is 22.7. The fourth-order valence-corrected chi connectivity index (χ4v) is 5.92. The van der Waals surface area contributed by atoms with Crippen molar-refractivity contribution < 1.29 is 9.53 Å². The molecule has 1 amide bonds. The van der Waals surface area contributed by atoms with Crippen molar-refractivity contribution in [3.63, 3.8) is 0 Å². The minimum Gasteiger partial charge on any atom is -0.375 e. The van der Waals surface area contributed by atoms with E-state index in [1.807, 2.05) is 43.5 Å². The van der Waals surface area contributed by atoms with Crippen LogP contribution in [0.25, 0.3) is 5.69 Å². The fraction of sp³-hybridized carbons (Fsp3) is 0.281. The molecular formula is C32H35N5O2S. The van der Waals surface area contributed by atoms with Crippen LogP contribution in [-0.2, 0) is 16.0 Å². The van der Waals surface area contributed by atoms with Crippen LogP contribution < -0.4 is 15.5 Å². The molecule has 0 radical (unpaired) electrons. The number of thiocarbonyl (C=S) groups is 1. The molecule has 2 aromatic heterocycles. The number of pyridine rings is 1. The second-order valence-corrected chi connectivity index (χ2v) is 10.5. The molecule has 1 saturated heterocycles. The summed E-state index contributed by atoms with van der Waals surface area (Å²) in [5, 5.41) is 7.11. The van der Waals surface area contributed by atoms with Crippen LogP contribution in [0.1, 0.15) is 52.8 Å². The number of anilines is 2. The summed E-state index contributed by atoms with van der Waals surface area (Å²) in [5.74, 6) is -0.191. The molecule has 0 bridgehead atoms. The number of aromatic nitrogens is 2. The van der Waals surface area contributed by atoms with E-state index in [0.717, 1.165) is 46.1 Å². The number of nitrogens with zero attached hydrogens (tertiary/aromatic N) is 3. The van der Waals surface area contributed by atoms with Gasteiger partial charge in [-0.15, -0.1) is 0 Å². The van der Waals surface area contributed by atoms with Crippen molar-refractivity contribution in [3.8, 4) is 5.69 Å². The number of rotatable bonds is 8. The molecule has 2 aromatic carbocycles. The normalized spacial score (nSPS) is 16.7. The maximum atomic E-state index is 12.1. The van der Waals surface area contributed by atoms with Gasteiger partial charge in [-0.25, -0.2) is 0 Å². The highest BCUT2D eigenvalue weighted by atomic mass is 32.1. The van der Waals surface area contributed by atoms with E-state index in [-0.39, 0.29) is 24.6 Å². The molecule has 1 aliphatic heterocycles. The van der Waals surface area contributed by atoms with Gasteiger partial charge < -0.3 is 24.8 Å². The van der Waals surface area contributed by atoms with Gasteiger partial charge in [-0.1, -0.05) is 25.1 Å². The first-order valence-corrected chi connectivity index (χ1v) is 13.9. The summed E-state index contributed by atoms with van der Waals surface area (Å²) in [6.45, 7) is 8.47. The molecule has 7 nitrogen and oxygen atoms in total. The standard InChI is InChI=1S/C32H35N5O2S/c1-6-23-10-12-24(13-11-23)36-21(3)18-26(22(36)4)31-30(28-9-7-8-16-33-28)35-32(40)37(31)25-14-15-27(20(2)17-25)34-29(38)19-39-5/h7-18,30-31H,6,19H2,1-5H3,(H,34,38)(H,35,40). The molecule has 3 heterocycles. The van der Waals surface area contributed by atoms with Gasteiger partial charge in [-0.3, -0.25) is 9.78 Å². The van der Waals surface area contributed by atoms with Gasteiger partial charge in [0, 0.05) is 41.8 Å². The van der Waals surface area contributed by atoms with E-state index >= 15 is 0 Å². The van der Waals surface area contributed by atoms with E-state index in [4.69, 9.17) is 21.9 Å². The van der Waals surface area contributed by atoms with Crippen LogP contribution >= 0.6 is 12.2 Å². The quantitative estimate of drug-likeness (QED) is 0.256. The van der Waals surface area contributed by atoms with E-state index in [1.54, 1.807) is 0 Å². The van der Waals surface area contributed by atoms with E-state index in [0.29, 0.717) is 5.11 Å². The Labute approximate surface area is 241 Å². The minimum absolute atomic E-state index is 0.00589. The molecule has 2 N–H and O–H groups in total. The number of nitrogens with one attached hydrogen (secondary N) is 2. The number of aryl methyl sites for hydroxylation is 3. The molecule has 8 heteroatoms. The van der Waals surface area contributed by atoms with Crippen LogP contribution in [0.4, 0.5) is 11.4 Å². The van der Waals surface area contributed by atoms with E-state index in [2.05, 4.69) is 77.3 Å². The van der Waals surface area contributed by atoms with Crippen molar-refractivity contribution in [2.45, 2.75) is 46.2 Å². The van der Waals surface area contributed by atoms with Gasteiger partial charge in [0.25, 0.3) is 0 Å². The fourth-order valence-electron chi connectivity index (χ4n) is 5.57. The third kappa shape index (κ3) is 5.24. The molecule has 0 saturated carbocycles. The monoisotopic (exact) mass is 553 g/mol. The Morgan fingerprint density at radius 1 is 1.05 bits per heavy atom. The van der Waals surface area contributed by atoms with E-state index in [9.17, 15) is 4.79 Å². The molecule has 206 valence electrons. The van der Waals surface area contributed by atoms with Gasteiger partial charge in [-0.05, 0) is 105 Å². The molecule has 1 fully saturated rings. The van der Waals surface area contributed by atoms with Crippen molar-refractivity contribution >= 4 is 34.6 Å². The summed E-state index contributed by atoms with van der Waals surface area (Å²) in [6.07, 6.45) is 2.83. The lowest BCUT2D eigenvalue weighted by molar-refractivity contribution is -0.119. The van der Waals surface area contributed by atoms with Crippen LogP contribution in [0.15, 0.2) is 72.9 Å². The molecule has 2 atom stereocenters. The number of ether oxygens (including phenoxy) is 1. The topological polar surface area (TPSA) is 71.4 Å². The number of hydrogen-bond donors (Lipinski definition) is 2. The maximum Gasteiger partial charge on any atom is 0.250 e. The second-order valence-electron chi connectivity index (χ2n) is 10.2. The number of benzene rings is 2. The van der Waals surface area contributed by atoms with Crippen molar-refractivity contribution in [3.05, 3.63) is 107 Å². The Balaban J connectivity index is 1.59. The largest absolute Gasteiger partial charge is 0.375 e. The van der Waals surface area contributed by atoms with Gasteiger partial charge in [0.1, 0.15) is 6.61 Å². The average Bonchev–Trinajstić information content (AvgIpc) is 3.45. The third-order valence-corrected chi connectivity index (χ3v) is 7.84. The second kappa shape index (κ2) is 11.6. The molecule has 4 aromatic rings. The smallest absolute Gasteiger partial charge is 0.250 e. The molecular weight excluding hydrogens is 518 g/mol. The first-order valence-electron chi connectivity index (χ1n) is 13.5. The summed E-state index contributed by atoms with van der Waals surface area (Å²) in [5.41, 5.74) is 9.49. The molecule has 1 aliphatic rings. The number of hydrogen-bond acceptors (Lipinski definition) is 4. The highest BCUT2D eigenvalue weighted by Crippen LogP contribution is 2.44. The Hall–Kier alpha value is -4.01. The molecule has 0 aliphatic carbocycles. The highest BCUT2D eigenvalue weighted by Gasteiger charge is 2.42. The van der Waals surface area contributed by atoms with Crippen molar-refractivity contribution in [2.75, 3.05) is 23.9 Å². The van der Waals surface area contributed by atoms with E-state index < -0.39 is 0 Å². The molecule has 5 rings (SSSR count). The highest BCUT2D eigenvalue weighted by molar-refractivity contribution is 7.80. The zero-order valence-electron chi connectivity index (χ0n) is 23.6. The van der Waals surface area contributed by atoms with Gasteiger partial charge in [0.15, 0.2) is 5.11 Å². The summed E-state index contributed by atoms with van der Waals surface area (Å²) < 4.78 is 7.27. The van der Waals surface area contributed by atoms with Crippen LogP contribution in [0.5, 0.6) is 0 Å². The van der Waals surface area contributed by atoms with Crippen LogP contribution in [0.3, 0.4) is 0 Å². The van der Waals surface area contributed by atoms with Gasteiger partial charge in [0.05, 0.1) is 17.8 Å². The number of methoxy groups -OCH3 is 1. The summed E-state index contributed by atoms with van der Waals surface area (Å²) in [7, 11) is 1.51. The number of amides is 1. The van der Waals surface area contributed by atoms with E-state index in [1.165, 1.54) is 18.2 Å². The van der Waals surface area contributed by atoms with Crippen molar-refractivity contribution in [1.29, 1.82) is 0 Å². The lowest BCUT2D eigenvalue weighted by Crippen LogP contribution is -2.29. The lowest BCUT2D eigenvalue weighted by atomic mass is 9.96. The van der Waals surface area contributed by atoms with Gasteiger partial charge >= 0.3 is 0 Å². The molecule has 40 heavy (non-hydrogen) atoms. The lowest BCUT2D eigenvalue weighted by Gasteiger charge is -2.29. The van der Waals surface area contributed by atoms with Crippen LogP contribution in [0, 0.1) is 20.8 Å². The van der Waals surface area contributed by atoms with Crippen molar-refractivity contribution in [1.82, 2.24) is 14.9 Å². The third-order valence-electron chi connectivity index (χ3n) is 7.53. The predicted molar refractivity (Wildman–Crippen MR) is 164 cm³/mol. The van der Waals surface area contributed by atoms with Crippen LogP contribution in [-0.4, -0.2) is 34.3 Å². The Kier molecular flexibility index (Phi) is 8.00. The first-order chi connectivity index (χ1) is 19.3.